The Balaban J connectivity index is 1.96. The summed E-state index contributed by atoms with van der Waals surface area (Å²) in [5, 5.41) is 0. The molecule has 2 rings (SSSR count). The van der Waals surface area contributed by atoms with Crippen molar-refractivity contribution >= 4 is 5.78 Å². The van der Waals surface area contributed by atoms with E-state index < -0.39 is 0 Å². The van der Waals surface area contributed by atoms with Gasteiger partial charge < -0.3 is 9.88 Å². The van der Waals surface area contributed by atoms with E-state index >= 15 is 0 Å². The van der Waals surface area contributed by atoms with Crippen LogP contribution in [0.2, 0.25) is 0 Å². The predicted octanol–water partition coefficient (Wildman–Crippen LogP) is 1.64. The van der Waals surface area contributed by atoms with Gasteiger partial charge in [-0.05, 0) is 31.2 Å². The largest absolute Gasteiger partial charge is 0.367 e. The van der Waals surface area contributed by atoms with Crippen molar-refractivity contribution < 1.29 is 4.79 Å². The molecule has 0 saturated carbocycles. The Morgan fingerprint density at radius 1 is 1.33 bits per heavy atom. The number of likely N-dealkylation sites (tertiary alicyclic amines) is 1. The lowest BCUT2D eigenvalue weighted by Crippen LogP contribution is -2.24. The van der Waals surface area contributed by atoms with Crippen molar-refractivity contribution in [2.45, 2.75) is 19.3 Å². The zero-order chi connectivity index (χ0) is 10.5. The Morgan fingerprint density at radius 2 is 2.13 bits per heavy atom. The first-order chi connectivity index (χ1) is 7.36. The predicted molar refractivity (Wildman–Crippen MR) is 58.3 cm³/mol. The molecular weight excluding hydrogens is 188 g/mol. The topological polar surface area (TPSA) is 36.1 Å². The second-order valence-electron chi connectivity index (χ2n) is 3.71. The molecule has 0 spiro atoms. The van der Waals surface area contributed by atoms with Crippen LogP contribution in [0.1, 0.15) is 29.6 Å². The van der Waals surface area contributed by atoms with Gasteiger partial charge in [0.25, 0.3) is 0 Å². The van der Waals surface area contributed by atoms with Gasteiger partial charge in [0.05, 0.1) is 0 Å². The Kier molecular flexibility index (Phi) is 3.08. The summed E-state index contributed by atoms with van der Waals surface area (Å²) in [5.41, 5.74) is 0.638. The average molecular weight is 202 g/mol. The van der Waals surface area contributed by atoms with E-state index in [-0.39, 0.29) is 5.78 Å². The minimum atomic E-state index is -0.109. The van der Waals surface area contributed by atoms with Gasteiger partial charge in [-0.15, -0.1) is 0 Å². The van der Waals surface area contributed by atoms with Crippen LogP contribution in [0.5, 0.6) is 0 Å². The second kappa shape index (κ2) is 4.70. The first-order valence-corrected chi connectivity index (χ1v) is 5.30. The smallest absolute Gasteiger partial charge is 0.239 e. The number of aromatic amines is 1. The summed E-state index contributed by atoms with van der Waals surface area (Å²) in [4.78, 5) is 16.4. The molecule has 0 unspecified atom stereocenters. The van der Waals surface area contributed by atoms with E-state index in [0.29, 0.717) is 5.56 Å². The lowest BCUT2D eigenvalue weighted by atomic mass is 10.1. The number of aromatic nitrogens is 1. The number of carbonyl (C=O) groups is 1. The van der Waals surface area contributed by atoms with Gasteiger partial charge in [-0.1, -0.05) is 0 Å². The average Bonchev–Trinajstić information content (AvgIpc) is 2.81. The van der Waals surface area contributed by atoms with E-state index in [0.717, 1.165) is 13.1 Å². The van der Waals surface area contributed by atoms with Crippen molar-refractivity contribution in [3.63, 3.8) is 0 Å². The van der Waals surface area contributed by atoms with Gasteiger partial charge in [0.15, 0.2) is 0 Å². The Hall–Kier alpha value is -1.69. The minimum absolute atomic E-state index is 0.109. The van der Waals surface area contributed by atoms with Gasteiger partial charge in [-0.3, -0.25) is 4.79 Å². The zero-order valence-corrected chi connectivity index (χ0v) is 8.62. The molecule has 0 bridgehead atoms. The highest BCUT2D eigenvalue weighted by Crippen LogP contribution is 2.06. The Bertz CT molecular complexity index is 377. The number of hydrogen-bond acceptors (Lipinski definition) is 2. The van der Waals surface area contributed by atoms with Crippen molar-refractivity contribution in [2.75, 3.05) is 13.1 Å². The van der Waals surface area contributed by atoms with Gasteiger partial charge in [0.1, 0.15) is 0 Å². The van der Waals surface area contributed by atoms with Crippen LogP contribution in [0, 0.1) is 12.0 Å². The maximum Gasteiger partial charge on any atom is 0.239 e. The number of rotatable bonds is 1. The quantitative estimate of drug-likeness (QED) is 0.555. The Labute approximate surface area is 89.5 Å². The van der Waals surface area contributed by atoms with Crippen LogP contribution in [0.3, 0.4) is 0 Å². The van der Waals surface area contributed by atoms with Gasteiger partial charge in [0, 0.05) is 37.1 Å². The van der Waals surface area contributed by atoms with Crippen molar-refractivity contribution in [1.29, 1.82) is 0 Å². The fourth-order valence-electron chi connectivity index (χ4n) is 1.67. The standard InChI is InChI=1S/C12H14N2O/c15-12(11-4-6-13-10-11)5-9-14-7-2-1-3-8-14/h4,6,10,13H,1-3,7-8H2. The number of H-pyrrole nitrogens is 1. The molecule has 3 nitrogen and oxygen atoms in total. The molecule has 1 fully saturated rings. The lowest BCUT2D eigenvalue weighted by Gasteiger charge is -2.21. The van der Waals surface area contributed by atoms with Crippen molar-refractivity contribution in [3.8, 4) is 12.0 Å². The summed E-state index contributed by atoms with van der Waals surface area (Å²) in [5.74, 6) is 2.56. The fourth-order valence-corrected chi connectivity index (χ4v) is 1.67. The SMILES string of the molecule is O=C(C#CN1CCCCC1)c1cc[nH]c1. The van der Waals surface area contributed by atoms with Crippen LogP contribution in [0.25, 0.3) is 0 Å². The molecule has 0 amide bonds. The molecule has 1 aromatic rings. The molecule has 1 aromatic heterocycles. The third-order valence-corrected chi connectivity index (χ3v) is 2.54. The molecule has 3 heteroatoms. The number of carbonyl (C=O) groups excluding carboxylic acids is 1. The van der Waals surface area contributed by atoms with Crippen LogP contribution >= 0.6 is 0 Å². The number of piperidine rings is 1. The monoisotopic (exact) mass is 202 g/mol. The molecule has 1 N–H and O–H groups in total. The van der Waals surface area contributed by atoms with Gasteiger partial charge in [-0.2, -0.15) is 0 Å². The van der Waals surface area contributed by atoms with E-state index in [1.54, 1.807) is 18.5 Å². The first kappa shape index (κ1) is 9.85. The maximum atomic E-state index is 11.5. The van der Waals surface area contributed by atoms with Crippen molar-refractivity contribution in [2.24, 2.45) is 0 Å². The number of nitrogens with zero attached hydrogens (tertiary/aromatic N) is 1. The van der Waals surface area contributed by atoms with Crippen molar-refractivity contribution in [3.05, 3.63) is 24.0 Å². The van der Waals surface area contributed by atoms with Crippen LogP contribution in [0.15, 0.2) is 18.5 Å². The van der Waals surface area contributed by atoms with Crippen molar-refractivity contribution in [1.82, 2.24) is 9.88 Å². The van der Waals surface area contributed by atoms with E-state index in [1.807, 2.05) is 4.90 Å². The lowest BCUT2D eigenvalue weighted by molar-refractivity contribution is 0.105. The molecule has 1 aliphatic rings. The van der Waals surface area contributed by atoms with Crippen LogP contribution in [0.4, 0.5) is 0 Å². The number of Topliss-reactive ketones (excluding diaryl/α,β-unsaturated/α-hetero) is 1. The highest BCUT2D eigenvalue weighted by atomic mass is 16.1. The van der Waals surface area contributed by atoms with Gasteiger partial charge >= 0.3 is 0 Å². The number of hydrogen-bond donors (Lipinski definition) is 1. The summed E-state index contributed by atoms with van der Waals surface area (Å²) in [7, 11) is 0. The molecule has 2 heterocycles. The zero-order valence-electron chi connectivity index (χ0n) is 8.62. The summed E-state index contributed by atoms with van der Waals surface area (Å²) in [6.45, 7) is 1.99. The van der Waals surface area contributed by atoms with Gasteiger partial charge in [-0.25, -0.2) is 0 Å². The third-order valence-electron chi connectivity index (χ3n) is 2.54. The summed E-state index contributed by atoms with van der Waals surface area (Å²) >= 11 is 0. The summed E-state index contributed by atoms with van der Waals surface area (Å²) in [6, 6.07) is 4.67. The van der Waals surface area contributed by atoms with E-state index in [4.69, 9.17) is 0 Å². The molecule has 0 aliphatic carbocycles. The van der Waals surface area contributed by atoms with Gasteiger partial charge in [0.2, 0.25) is 5.78 Å². The van der Waals surface area contributed by atoms with Crippen LogP contribution in [-0.4, -0.2) is 28.8 Å². The van der Waals surface area contributed by atoms with Crippen LogP contribution in [-0.2, 0) is 0 Å². The molecule has 0 aromatic carbocycles. The molecule has 1 aliphatic heterocycles. The first-order valence-electron chi connectivity index (χ1n) is 5.30. The highest BCUT2D eigenvalue weighted by molar-refractivity contribution is 6.08. The number of ketones is 1. The van der Waals surface area contributed by atoms with E-state index in [2.05, 4.69) is 16.9 Å². The second-order valence-corrected chi connectivity index (χ2v) is 3.71. The van der Waals surface area contributed by atoms with E-state index in [1.165, 1.54) is 19.3 Å². The maximum absolute atomic E-state index is 11.5. The van der Waals surface area contributed by atoms with E-state index in [9.17, 15) is 4.79 Å². The highest BCUT2D eigenvalue weighted by Gasteiger charge is 2.06. The molecule has 15 heavy (non-hydrogen) atoms. The fraction of sp³-hybridized carbons (Fsp3) is 0.417. The molecule has 78 valence electrons. The summed E-state index contributed by atoms with van der Waals surface area (Å²) in [6.07, 6.45) is 7.06. The Morgan fingerprint density at radius 3 is 2.80 bits per heavy atom. The number of nitrogens with one attached hydrogen (secondary N) is 1. The molecular formula is C12H14N2O. The molecule has 0 atom stereocenters. The molecule has 1 saturated heterocycles. The van der Waals surface area contributed by atoms with Crippen LogP contribution < -0.4 is 0 Å². The summed E-state index contributed by atoms with van der Waals surface area (Å²) < 4.78 is 0. The third kappa shape index (κ3) is 2.63. The normalized spacial score (nSPS) is 15.6. The minimum Gasteiger partial charge on any atom is -0.367 e. The molecule has 0 radical (unpaired) electrons.